The molecule has 0 unspecified atom stereocenters. The molecule has 11 heavy (non-hydrogen) atoms. The van der Waals surface area contributed by atoms with Gasteiger partial charge < -0.3 is 4.57 Å². The van der Waals surface area contributed by atoms with Gasteiger partial charge in [0.15, 0.2) is 0 Å². The van der Waals surface area contributed by atoms with Crippen molar-refractivity contribution in [2.45, 2.75) is 13.5 Å². The lowest BCUT2D eigenvalue weighted by Crippen LogP contribution is -1.89. The molecular formula is C10H10N. The first kappa shape index (κ1) is 6.47. The fourth-order valence-corrected chi connectivity index (χ4v) is 1.35. The molecule has 1 aromatic heterocycles. The molecule has 0 bridgehead atoms. The third-order valence-electron chi connectivity index (χ3n) is 1.94. The van der Waals surface area contributed by atoms with Gasteiger partial charge in [-0.1, -0.05) is 12.1 Å². The van der Waals surface area contributed by atoms with Crippen LogP contribution < -0.4 is 0 Å². The first-order chi connectivity index (χ1) is 5.42. The van der Waals surface area contributed by atoms with Gasteiger partial charge in [0, 0.05) is 23.6 Å². The van der Waals surface area contributed by atoms with Crippen LogP contribution in [0.5, 0.6) is 0 Å². The van der Waals surface area contributed by atoms with E-state index in [9.17, 15) is 0 Å². The summed E-state index contributed by atoms with van der Waals surface area (Å²) in [5.74, 6) is 0. The Morgan fingerprint density at radius 1 is 1.45 bits per heavy atom. The lowest BCUT2D eigenvalue weighted by molar-refractivity contribution is 0.797. The Bertz CT molecular complexity index is 360. The molecule has 1 radical (unpaired) electrons. The van der Waals surface area contributed by atoms with E-state index in [1.54, 1.807) is 0 Å². The number of rotatable bonds is 1. The van der Waals surface area contributed by atoms with Crippen LogP contribution in [0.2, 0.25) is 0 Å². The van der Waals surface area contributed by atoms with E-state index in [1.165, 1.54) is 10.9 Å². The number of aromatic nitrogens is 1. The van der Waals surface area contributed by atoms with Crippen LogP contribution in [-0.4, -0.2) is 4.57 Å². The minimum absolute atomic E-state index is 1.03. The second kappa shape index (κ2) is 2.42. The summed E-state index contributed by atoms with van der Waals surface area (Å²) in [4.78, 5) is 0. The average Bonchev–Trinajstić information content (AvgIpc) is 2.47. The molecule has 0 aliphatic carbocycles. The second-order valence-corrected chi connectivity index (χ2v) is 2.57. The number of hydrogen-bond acceptors (Lipinski definition) is 0. The first-order valence-corrected chi connectivity index (χ1v) is 3.87. The lowest BCUT2D eigenvalue weighted by Gasteiger charge is -1.97. The molecule has 55 valence electrons. The summed E-state index contributed by atoms with van der Waals surface area (Å²) in [7, 11) is 0. The zero-order chi connectivity index (χ0) is 7.68. The molecule has 0 spiro atoms. The molecule has 0 aliphatic heterocycles. The molecule has 0 atom stereocenters. The van der Waals surface area contributed by atoms with Gasteiger partial charge in [-0.25, -0.2) is 0 Å². The number of benzene rings is 1. The topological polar surface area (TPSA) is 4.93 Å². The molecule has 0 saturated carbocycles. The van der Waals surface area contributed by atoms with Gasteiger partial charge in [0.05, 0.1) is 0 Å². The maximum atomic E-state index is 3.18. The zero-order valence-electron chi connectivity index (χ0n) is 6.54. The highest BCUT2D eigenvalue weighted by Gasteiger charge is 1.95. The highest BCUT2D eigenvalue weighted by Crippen LogP contribution is 2.13. The normalized spacial score (nSPS) is 10.6. The predicted octanol–water partition coefficient (Wildman–Crippen LogP) is 2.46. The third kappa shape index (κ3) is 0.929. The van der Waals surface area contributed by atoms with Crippen molar-refractivity contribution < 1.29 is 0 Å². The molecule has 1 heterocycles. The first-order valence-electron chi connectivity index (χ1n) is 3.87. The maximum absolute atomic E-state index is 3.18. The Hall–Kier alpha value is -1.24. The molecule has 2 aromatic rings. The molecule has 1 heteroatoms. The van der Waals surface area contributed by atoms with Crippen LogP contribution in [0.4, 0.5) is 0 Å². The van der Waals surface area contributed by atoms with E-state index >= 15 is 0 Å². The highest BCUT2D eigenvalue weighted by molar-refractivity contribution is 5.79. The Morgan fingerprint density at radius 3 is 3.18 bits per heavy atom. The van der Waals surface area contributed by atoms with E-state index in [-0.39, 0.29) is 0 Å². The van der Waals surface area contributed by atoms with Crippen LogP contribution >= 0.6 is 0 Å². The number of aryl methyl sites for hydroxylation is 1. The molecule has 0 aliphatic rings. The van der Waals surface area contributed by atoms with Crippen LogP contribution in [0.3, 0.4) is 0 Å². The molecular weight excluding hydrogens is 134 g/mol. The lowest BCUT2D eigenvalue weighted by atomic mass is 10.2. The van der Waals surface area contributed by atoms with Crippen LogP contribution in [0.1, 0.15) is 6.92 Å². The summed E-state index contributed by atoms with van der Waals surface area (Å²) in [6.07, 6.45) is 2.10. The quantitative estimate of drug-likeness (QED) is 0.579. The molecule has 0 saturated heterocycles. The summed E-state index contributed by atoms with van der Waals surface area (Å²) >= 11 is 0. The average molecular weight is 144 g/mol. The van der Waals surface area contributed by atoms with Crippen molar-refractivity contribution in [1.29, 1.82) is 0 Å². The van der Waals surface area contributed by atoms with Gasteiger partial charge in [-0.3, -0.25) is 0 Å². The van der Waals surface area contributed by atoms with Gasteiger partial charge in [-0.15, -0.1) is 0 Å². The Kier molecular flexibility index (Phi) is 1.42. The van der Waals surface area contributed by atoms with Crippen LogP contribution in [-0.2, 0) is 6.54 Å². The smallest absolute Gasteiger partial charge is 0.0486 e. The highest BCUT2D eigenvalue weighted by atomic mass is 14.9. The van der Waals surface area contributed by atoms with E-state index in [2.05, 4.69) is 35.9 Å². The Morgan fingerprint density at radius 2 is 2.36 bits per heavy atom. The van der Waals surface area contributed by atoms with Crippen LogP contribution in [0.25, 0.3) is 10.9 Å². The summed E-state index contributed by atoms with van der Waals surface area (Å²) in [5, 5.41) is 1.20. The SMILES string of the molecule is CCn1ccc2[c]cccc21. The number of fused-ring (bicyclic) bond motifs is 1. The monoisotopic (exact) mass is 144 g/mol. The molecule has 0 amide bonds. The van der Waals surface area contributed by atoms with E-state index < -0.39 is 0 Å². The minimum Gasteiger partial charge on any atom is -0.348 e. The fourth-order valence-electron chi connectivity index (χ4n) is 1.35. The summed E-state index contributed by atoms with van der Waals surface area (Å²) in [6.45, 7) is 3.17. The van der Waals surface area contributed by atoms with Gasteiger partial charge in [-0.05, 0) is 25.1 Å². The predicted molar refractivity (Wildman–Crippen MR) is 46.4 cm³/mol. The van der Waals surface area contributed by atoms with Crippen molar-refractivity contribution in [3.8, 4) is 0 Å². The van der Waals surface area contributed by atoms with Crippen LogP contribution in [0, 0.1) is 6.07 Å². The van der Waals surface area contributed by atoms with E-state index in [0.29, 0.717) is 0 Å². The van der Waals surface area contributed by atoms with Crippen molar-refractivity contribution in [2.24, 2.45) is 0 Å². The molecule has 0 fully saturated rings. The number of nitrogens with zero attached hydrogens (tertiary/aromatic N) is 1. The van der Waals surface area contributed by atoms with Crippen molar-refractivity contribution >= 4 is 10.9 Å². The largest absolute Gasteiger partial charge is 0.348 e. The van der Waals surface area contributed by atoms with E-state index in [0.717, 1.165) is 6.54 Å². The van der Waals surface area contributed by atoms with Gasteiger partial charge in [0.25, 0.3) is 0 Å². The maximum Gasteiger partial charge on any atom is 0.0486 e. The zero-order valence-corrected chi connectivity index (χ0v) is 6.54. The van der Waals surface area contributed by atoms with Gasteiger partial charge >= 0.3 is 0 Å². The van der Waals surface area contributed by atoms with Crippen molar-refractivity contribution in [3.63, 3.8) is 0 Å². The molecule has 1 aromatic carbocycles. The van der Waals surface area contributed by atoms with Crippen molar-refractivity contribution in [3.05, 3.63) is 36.5 Å². The van der Waals surface area contributed by atoms with Crippen LogP contribution in [0.15, 0.2) is 30.5 Å². The summed E-state index contributed by atoms with van der Waals surface area (Å²) in [5.41, 5.74) is 1.27. The third-order valence-corrected chi connectivity index (χ3v) is 1.94. The Balaban J connectivity index is 2.76. The standard InChI is InChI=1S/C10H10N/c1-2-11-8-7-9-5-3-4-6-10(9)11/h3-4,6-8H,2H2,1H3. The van der Waals surface area contributed by atoms with E-state index in [4.69, 9.17) is 0 Å². The van der Waals surface area contributed by atoms with E-state index in [1.807, 2.05) is 12.1 Å². The Labute approximate surface area is 66.3 Å². The number of hydrogen-bond donors (Lipinski definition) is 0. The molecule has 0 N–H and O–H groups in total. The minimum atomic E-state index is 1.03. The van der Waals surface area contributed by atoms with Gasteiger partial charge in [0.1, 0.15) is 0 Å². The summed E-state index contributed by atoms with van der Waals surface area (Å²) in [6, 6.07) is 11.4. The van der Waals surface area contributed by atoms with Gasteiger partial charge in [-0.2, -0.15) is 0 Å². The molecule has 1 nitrogen and oxygen atoms in total. The van der Waals surface area contributed by atoms with Crippen molar-refractivity contribution in [1.82, 2.24) is 4.57 Å². The van der Waals surface area contributed by atoms with Crippen molar-refractivity contribution in [2.75, 3.05) is 0 Å². The summed E-state index contributed by atoms with van der Waals surface area (Å²) < 4.78 is 2.21. The molecule has 2 rings (SSSR count). The van der Waals surface area contributed by atoms with Gasteiger partial charge in [0.2, 0.25) is 0 Å². The second-order valence-electron chi connectivity index (χ2n) is 2.57. The fraction of sp³-hybridized carbons (Fsp3) is 0.200.